The van der Waals surface area contributed by atoms with Crippen molar-refractivity contribution in [2.24, 2.45) is 0 Å². The molecule has 1 unspecified atom stereocenters. The topological polar surface area (TPSA) is 106 Å². The lowest BCUT2D eigenvalue weighted by Crippen LogP contribution is -2.38. The number of aromatic nitrogens is 3. The molecule has 0 fully saturated rings. The molecule has 0 saturated carbocycles. The van der Waals surface area contributed by atoms with E-state index in [9.17, 15) is 23.2 Å². The molecule has 2 aromatic heterocycles. The van der Waals surface area contributed by atoms with Crippen molar-refractivity contribution in [2.75, 3.05) is 12.4 Å². The van der Waals surface area contributed by atoms with Gasteiger partial charge < -0.3 is 10.6 Å². The second-order valence-corrected chi connectivity index (χ2v) is 8.31. The van der Waals surface area contributed by atoms with Crippen LogP contribution in [-0.2, 0) is 11.3 Å². The Morgan fingerprint density at radius 2 is 1.59 bits per heavy atom. The number of likely N-dealkylation sites (N-methyl/N-ethyl adjacent to an activating group) is 1. The van der Waals surface area contributed by atoms with E-state index in [0.29, 0.717) is 16.8 Å². The summed E-state index contributed by atoms with van der Waals surface area (Å²) in [6.45, 7) is 1.62. The minimum atomic E-state index is -0.589. The van der Waals surface area contributed by atoms with Gasteiger partial charge in [0.1, 0.15) is 11.6 Å². The van der Waals surface area contributed by atoms with Gasteiger partial charge in [0.2, 0.25) is 5.91 Å². The average molecular weight is 504 g/mol. The van der Waals surface area contributed by atoms with Gasteiger partial charge >= 0.3 is 0 Å². The molecule has 2 heterocycles. The number of amides is 1. The highest BCUT2D eigenvalue weighted by Gasteiger charge is 2.18. The number of benzene rings is 2. The van der Waals surface area contributed by atoms with Crippen molar-refractivity contribution in [3.05, 3.63) is 112 Å². The second-order valence-electron chi connectivity index (χ2n) is 8.31. The first-order chi connectivity index (χ1) is 17.8. The molecule has 0 aliphatic heterocycles. The van der Waals surface area contributed by atoms with E-state index in [1.54, 1.807) is 20.0 Å². The zero-order chi connectivity index (χ0) is 26.5. The Kier molecular flexibility index (Phi) is 7.59. The number of hydrogen-bond acceptors (Lipinski definition) is 6. The molecule has 1 atom stereocenters. The predicted octanol–water partition coefficient (Wildman–Crippen LogP) is 3.41. The van der Waals surface area contributed by atoms with Crippen LogP contribution in [0, 0.1) is 11.6 Å². The van der Waals surface area contributed by atoms with Crippen LogP contribution in [0.3, 0.4) is 0 Å². The third-order valence-corrected chi connectivity index (χ3v) is 5.77. The lowest BCUT2D eigenvalue weighted by Gasteiger charge is -2.16. The Bertz CT molecular complexity index is 1500. The Morgan fingerprint density at radius 3 is 2.24 bits per heavy atom. The molecule has 37 heavy (non-hydrogen) atoms. The highest BCUT2D eigenvalue weighted by molar-refractivity contribution is 6.08. The molecular formula is C27H23F2N5O3. The molecular weight excluding hydrogens is 480 g/mol. The van der Waals surface area contributed by atoms with E-state index >= 15 is 0 Å². The number of ketones is 1. The fraction of sp³-hybridized carbons (Fsp3) is 0.148. The normalized spacial score (nSPS) is 11.7. The number of nitrogens with one attached hydrogen (secondary N) is 2. The standard InChI is InChI=1S/C27H23F2N5O3/c1-16(30-2)26(36)33-25-27(37)34(23(14-32-25)18-3-7-21(28)8-4-18)15-17-11-20(13-31-12-17)24(35)19-5-9-22(29)10-6-19/h3-14,16,30H,15H2,1-2H3,(H,32,33,36). The van der Waals surface area contributed by atoms with Gasteiger partial charge in [-0.1, -0.05) is 0 Å². The van der Waals surface area contributed by atoms with E-state index < -0.39 is 29.1 Å². The molecule has 0 bridgehead atoms. The molecule has 4 aromatic rings. The van der Waals surface area contributed by atoms with Gasteiger partial charge in [-0.05, 0) is 74.1 Å². The van der Waals surface area contributed by atoms with Crippen molar-refractivity contribution in [2.45, 2.75) is 19.5 Å². The highest BCUT2D eigenvalue weighted by Crippen LogP contribution is 2.20. The number of carbonyl (C=O) groups is 2. The highest BCUT2D eigenvalue weighted by atomic mass is 19.1. The van der Waals surface area contributed by atoms with Crippen LogP contribution in [-0.4, -0.2) is 39.3 Å². The first kappa shape index (κ1) is 25.5. The summed E-state index contributed by atoms with van der Waals surface area (Å²) < 4.78 is 28.2. The molecule has 8 nitrogen and oxygen atoms in total. The first-order valence-electron chi connectivity index (χ1n) is 11.3. The van der Waals surface area contributed by atoms with Crippen molar-refractivity contribution in [3.8, 4) is 11.3 Å². The van der Waals surface area contributed by atoms with Gasteiger partial charge in [-0.2, -0.15) is 0 Å². The van der Waals surface area contributed by atoms with Crippen molar-refractivity contribution in [1.82, 2.24) is 19.9 Å². The number of pyridine rings is 1. The fourth-order valence-electron chi connectivity index (χ4n) is 3.59. The van der Waals surface area contributed by atoms with Gasteiger partial charge in [0.15, 0.2) is 11.6 Å². The Morgan fingerprint density at radius 1 is 0.946 bits per heavy atom. The number of hydrogen-bond donors (Lipinski definition) is 2. The summed E-state index contributed by atoms with van der Waals surface area (Å²) in [6.07, 6.45) is 4.30. The summed E-state index contributed by atoms with van der Waals surface area (Å²) in [5.41, 5.74) is 1.38. The average Bonchev–Trinajstić information content (AvgIpc) is 2.91. The van der Waals surface area contributed by atoms with E-state index in [0.717, 1.165) is 0 Å². The van der Waals surface area contributed by atoms with E-state index in [1.165, 1.54) is 71.7 Å². The molecule has 1 amide bonds. The van der Waals surface area contributed by atoms with Gasteiger partial charge in [0.05, 0.1) is 24.5 Å². The third-order valence-electron chi connectivity index (χ3n) is 5.77. The fourth-order valence-corrected chi connectivity index (χ4v) is 3.59. The number of rotatable bonds is 8. The molecule has 2 aromatic carbocycles. The summed E-state index contributed by atoms with van der Waals surface area (Å²) in [7, 11) is 1.61. The molecule has 0 radical (unpaired) electrons. The van der Waals surface area contributed by atoms with Crippen molar-refractivity contribution in [3.63, 3.8) is 0 Å². The number of nitrogens with zero attached hydrogens (tertiary/aromatic N) is 3. The molecule has 10 heteroatoms. The third kappa shape index (κ3) is 5.81. The second kappa shape index (κ2) is 11.0. The minimum Gasteiger partial charge on any atom is -0.309 e. The van der Waals surface area contributed by atoms with Gasteiger partial charge in [-0.3, -0.25) is 23.9 Å². The Hall–Kier alpha value is -4.57. The van der Waals surface area contributed by atoms with E-state index in [1.807, 2.05) is 0 Å². The molecule has 2 N–H and O–H groups in total. The minimum absolute atomic E-state index is 0.0178. The van der Waals surface area contributed by atoms with Crippen LogP contribution >= 0.6 is 0 Å². The van der Waals surface area contributed by atoms with Crippen LogP contribution in [0.4, 0.5) is 14.6 Å². The first-order valence-corrected chi connectivity index (χ1v) is 11.3. The van der Waals surface area contributed by atoms with Gasteiger partial charge in [-0.15, -0.1) is 0 Å². The van der Waals surface area contributed by atoms with Crippen LogP contribution in [0.1, 0.15) is 28.4 Å². The number of anilines is 1. The summed E-state index contributed by atoms with van der Waals surface area (Å²) >= 11 is 0. The van der Waals surface area contributed by atoms with Crippen molar-refractivity contribution < 1.29 is 18.4 Å². The number of halogens is 2. The molecule has 0 spiro atoms. The predicted molar refractivity (Wildman–Crippen MR) is 134 cm³/mol. The maximum atomic E-state index is 13.5. The van der Waals surface area contributed by atoms with E-state index in [-0.39, 0.29) is 29.3 Å². The molecule has 188 valence electrons. The van der Waals surface area contributed by atoms with Crippen LogP contribution in [0.5, 0.6) is 0 Å². The summed E-state index contributed by atoms with van der Waals surface area (Å²) in [5.74, 6) is -1.87. The largest absolute Gasteiger partial charge is 0.309 e. The monoisotopic (exact) mass is 503 g/mol. The van der Waals surface area contributed by atoms with Crippen LogP contribution < -0.4 is 16.2 Å². The van der Waals surface area contributed by atoms with Crippen LogP contribution in [0.2, 0.25) is 0 Å². The summed E-state index contributed by atoms with van der Waals surface area (Å²) in [6, 6.07) is 11.7. The SMILES string of the molecule is CNC(C)C(=O)Nc1ncc(-c2ccc(F)cc2)n(Cc2cncc(C(=O)c3ccc(F)cc3)c2)c1=O. The maximum Gasteiger partial charge on any atom is 0.294 e. The van der Waals surface area contributed by atoms with Crippen LogP contribution in [0.15, 0.2) is 78.0 Å². The van der Waals surface area contributed by atoms with E-state index in [4.69, 9.17) is 0 Å². The van der Waals surface area contributed by atoms with Crippen molar-refractivity contribution in [1.29, 1.82) is 0 Å². The van der Waals surface area contributed by atoms with Gasteiger partial charge in [-0.25, -0.2) is 13.8 Å². The van der Waals surface area contributed by atoms with Gasteiger partial charge in [0.25, 0.3) is 5.56 Å². The molecule has 0 saturated heterocycles. The summed E-state index contributed by atoms with van der Waals surface area (Å²) in [5, 5.41) is 5.31. The molecule has 4 rings (SSSR count). The van der Waals surface area contributed by atoms with E-state index in [2.05, 4.69) is 20.6 Å². The lowest BCUT2D eigenvalue weighted by atomic mass is 10.0. The maximum absolute atomic E-state index is 13.5. The molecule has 0 aliphatic rings. The summed E-state index contributed by atoms with van der Waals surface area (Å²) in [4.78, 5) is 46.9. The lowest BCUT2D eigenvalue weighted by molar-refractivity contribution is -0.117. The molecule has 0 aliphatic carbocycles. The number of carbonyl (C=O) groups excluding carboxylic acids is 2. The zero-order valence-corrected chi connectivity index (χ0v) is 20.0. The van der Waals surface area contributed by atoms with Gasteiger partial charge in [0, 0.05) is 29.1 Å². The van der Waals surface area contributed by atoms with Crippen molar-refractivity contribution >= 4 is 17.5 Å². The Labute approximate surface area is 211 Å². The Balaban J connectivity index is 1.74. The quantitative estimate of drug-likeness (QED) is 0.357. The zero-order valence-electron chi connectivity index (χ0n) is 20.0. The smallest absolute Gasteiger partial charge is 0.294 e. The van der Waals surface area contributed by atoms with Crippen LogP contribution in [0.25, 0.3) is 11.3 Å².